The molecular formula is C44H47F3N8O4. The minimum Gasteiger partial charge on any atom is -0.507 e. The van der Waals surface area contributed by atoms with Gasteiger partial charge in [0.2, 0.25) is 5.60 Å². The molecule has 8 rings (SSSR count). The monoisotopic (exact) mass is 808 g/mol. The highest BCUT2D eigenvalue weighted by atomic mass is 19.4. The molecule has 6 aromatic rings. The molecule has 2 aliphatic rings. The number of phenols is 2. The number of aryl methyl sites for hydroxylation is 2. The average Bonchev–Trinajstić information content (AvgIpc) is 3.20. The predicted molar refractivity (Wildman–Crippen MR) is 222 cm³/mol. The maximum atomic E-state index is 13.0. The first-order valence-corrected chi connectivity index (χ1v) is 19.6. The van der Waals surface area contributed by atoms with E-state index in [1.807, 2.05) is 42.2 Å². The van der Waals surface area contributed by atoms with Crippen LogP contribution in [0.1, 0.15) is 43.7 Å². The summed E-state index contributed by atoms with van der Waals surface area (Å²) in [6, 6.07) is 25.8. The van der Waals surface area contributed by atoms with Crippen LogP contribution in [0, 0.1) is 13.8 Å². The second-order valence-corrected chi connectivity index (χ2v) is 15.4. The molecule has 0 spiro atoms. The van der Waals surface area contributed by atoms with Crippen LogP contribution in [0.25, 0.3) is 44.6 Å². The molecule has 2 aromatic heterocycles. The molecule has 4 aromatic carbocycles. The Labute approximate surface area is 339 Å². The van der Waals surface area contributed by atoms with Crippen molar-refractivity contribution in [1.29, 1.82) is 0 Å². The van der Waals surface area contributed by atoms with E-state index in [-0.39, 0.29) is 17.5 Å². The third-order valence-electron chi connectivity index (χ3n) is 10.9. The number of aromatic hydroxyl groups is 2. The number of para-hydroxylation sites is 2. The van der Waals surface area contributed by atoms with E-state index in [4.69, 9.17) is 20.7 Å². The lowest BCUT2D eigenvalue weighted by molar-refractivity contribution is -0.245. The van der Waals surface area contributed by atoms with Crippen LogP contribution in [0.3, 0.4) is 0 Å². The molecule has 0 radical (unpaired) electrons. The number of hydrogen-bond acceptors (Lipinski definition) is 11. The van der Waals surface area contributed by atoms with Gasteiger partial charge >= 0.3 is 6.18 Å². The fourth-order valence-corrected chi connectivity index (χ4v) is 7.30. The van der Waals surface area contributed by atoms with Crippen LogP contribution in [0.4, 0.5) is 24.8 Å². The summed E-state index contributed by atoms with van der Waals surface area (Å²) >= 11 is 0. The van der Waals surface area contributed by atoms with E-state index < -0.39 is 23.7 Å². The van der Waals surface area contributed by atoms with Gasteiger partial charge in [0, 0.05) is 49.0 Å². The molecule has 6 N–H and O–H groups in total. The second-order valence-electron chi connectivity index (χ2n) is 15.4. The summed E-state index contributed by atoms with van der Waals surface area (Å²) in [5.74, 6) is 1.29. The number of piperidine rings is 2. The zero-order valence-electron chi connectivity index (χ0n) is 33.0. The van der Waals surface area contributed by atoms with Gasteiger partial charge in [0.1, 0.15) is 23.1 Å². The van der Waals surface area contributed by atoms with Gasteiger partial charge in [-0.2, -0.15) is 13.2 Å². The molecule has 15 heteroatoms. The largest absolute Gasteiger partial charge is 0.507 e. The fourth-order valence-electron chi connectivity index (χ4n) is 7.30. The topological polar surface area (TPSA) is 174 Å². The number of halogens is 3. The number of aliphatic hydroxyl groups is 1. The van der Waals surface area contributed by atoms with Crippen LogP contribution >= 0.6 is 0 Å². The average molecular weight is 809 g/mol. The van der Waals surface area contributed by atoms with Crippen LogP contribution in [-0.4, -0.2) is 91.2 Å². The van der Waals surface area contributed by atoms with Crippen molar-refractivity contribution in [3.05, 3.63) is 96.1 Å². The highest BCUT2D eigenvalue weighted by Crippen LogP contribution is 2.35. The lowest BCUT2D eigenvalue weighted by Crippen LogP contribution is -2.58. The Balaban J connectivity index is 0.000000187. The predicted octanol–water partition coefficient (Wildman–Crippen LogP) is 6.95. The van der Waals surface area contributed by atoms with E-state index in [0.717, 1.165) is 59.2 Å². The SMILES string of the molecule is Cc1ccc2c(N3CCC(N)CC3)nc(-c3ccccc3O)nc2c1.Cc1ccc2c(N3CCC(NC(=O)C(C)(O)C(F)(F)F)CC3)nc(-c3ccccc3O)nc2c1. The van der Waals surface area contributed by atoms with E-state index in [1.165, 1.54) is 0 Å². The van der Waals surface area contributed by atoms with Gasteiger partial charge in [0.05, 0.1) is 22.2 Å². The van der Waals surface area contributed by atoms with Crippen molar-refractivity contribution < 1.29 is 33.3 Å². The smallest absolute Gasteiger partial charge is 0.426 e. The Morgan fingerprint density at radius 3 is 1.54 bits per heavy atom. The number of phenolic OH excluding ortho intramolecular Hbond substituents is 2. The van der Waals surface area contributed by atoms with E-state index in [1.54, 1.807) is 36.4 Å². The number of nitrogens with two attached hydrogens (primary N) is 1. The number of benzene rings is 4. The van der Waals surface area contributed by atoms with Crippen molar-refractivity contribution in [2.24, 2.45) is 5.73 Å². The molecule has 59 heavy (non-hydrogen) atoms. The molecule has 1 unspecified atom stereocenters. The van der Waals surface area contributed by atoms with Gasteiger partial charge < -0.3 is 36.2 Å². The van der Waals surface area contributed by atoms with Crippen molar-refractivity contribution in [2.75, 3.05) is 36.0 Å². The molecule has 1 atom stereocenters. The van der Waals surface area contributed by atoms with Crippen molar-refractivity contribution in [3.8, 4) is 34.3 Å². The van der Waals surface area contributed by atoms with Crippen LogP contribution in [0.2, 0.25) is 0 Å². The maximum Gasteiger partial charge on any atom is 0.426 e. The first kappa shape index (κ1) is 41.1. The minimum atomic E-state index is -5.06. The molecule has 0 aliphatic carbocycles. The van der Waals surface area contributed by atoms with Gasteiger partial charge in [-0.15, -0.1) is 0 Å². The van der Waals surface area contributed by atoms with Crippen molar-refractivity contribution in [1.82, 2.24) is 25.3 Å². The Morgan fingerprint density at radius 1 is 0.695 bits per heavy atom. The number of hydrogen-bond donors (Lipinski definition) is 5. The molecule has 0 saturated carbocycles. The first-order chi connectivity index (χ1) is 28.1. The highest BCUT2D eigenvalue weighted by Gasteiger charge is 2.56. The van der Waals surface area contributed by atoms with E-state index in [9.17, 15) is 33.3 Å². The van der Waals surface area contributed by atoms with Crippen molar-refractivity contribution in [3.63, 3.8) is 0 Å². The third-order valence-corrected chi connectivity index (χ3v) is 10.9. The Bertz CT molecular complexity index is 2480. The molecule has 2 aliphatic heterocycles. The molecular weight excluding hydrogens is 762 g/mol. The molecule has 308 valence electrons. The summed E-state index contributed by atoms with van der Waals surface area (Å²) in [5, 5.41) is 34.3. The normalized spacial score (nSPS) is 16.4. The summed E-state index contributed by atoms with van der Waals surface area (Å²) in [5.41, 5.74) is 7.53. The molecule has 12 nitrogen and oxygen atoms in total. The quantitative estimate of drug-likeness (QED) is 0.118. The van der Waals surface area contributed by atoms with E-state index >= 15 is 0 Å². The number of anilines is 2. The zero-order chi connectivity index (χ0) is 42.1. The Morgan fingerprint density at radius 2 is 1.12 bits per heavy atom. The molecule has 4 heterocycles. The number of carbonyl (C=O) groups is 1. The van der Waals surface area contributed by atoms with Crippen LogP contribution in [0.15, 0.2) is 84.9 Å². The number of fused-ring (bicyclic) bond motifs is 2. The fraction of sp³-hybridized carbons (Fsp3) is 0.341. The van der Waals surface area contributed by atoms with Gasteiger partial charge in [-0.25, -0.2) is 19.9 Å². The van der Waals surface area contributed by atoms with Gasteiger partial charge in [-0.05, 0) is 106 Å². The Kier molecular flexibility index (Phi) is 11.6. The minimum absolute atomic E-state index is 0.0543. The molecule has 1 amide bonds. The van der Waals surface area contributed by atoms with Gasteiger partial charge in [-0.3, -0.25) is 4.79 Å². The number of nitrogens with zero attached hydrogens (tertiary/aromatic N) is 6. The van der Waals surface area contributed by atoms with E-state index in [2.05, 4.69) is 40.3 Å². The van der Waals surface area contributed by atoms with Gasteiger partial charge in [0.25, 0.3) is 5.91 Å². The van der Waals surface area contributed by atoms with Crippen molar-refractivity contribution >= 4 is 39.3 Å². The Hall–Kier alpha value is -6.06. The number of carbonyl (C=O) groups excluding carboxylic acids is 1. The van der Waals surface area contributed by atoms with E-state index in [0.29, 0.717) is 67.0 Å². The highest BCUT2D eigenvalue weighted by molar-refractivity contribution is 5.93. The molecule has 0 bridgehead atoms. The summed E-state index contributed by atoms with van der Waals surface area (Å²) < 4.78 is 38.9. The summed E-state index contributed by atoms with van der Waals surface area (Å²) in [4.78, 5) is 35.2. The number of alkyl halides is 3. The van der Waals surface area contributed by atoms with Crippen LogP contribution in [-0.2, 0) is 4.79 Å². The van der Waals surface area contributed by atoms with Gasteiger partial charge in [0.15, 0.2) is 11.6 Å². The zero-order valence-corrected chi connectivity index (χ0v) is 33.0. The number of amides is 1. The van der Waals surface area contributed by atoms with Crippen LogP contribution < -0.4 is 20.9 Å². The van der Waals surface area contributed by atoms with Crippen LogP contribution in [0.5, 0.6) is 11.5 Å². The first-order valence-electron chi connectivity index (χ1n) is 19.6. The molecule has 2 fully saturated rings. The third kappa shape index (κ3) is 8.86. The summed E-state index contributed by atoms with van der Waals surface area (Å²) in [6.45, 7) is 7.10. The standard InChI is InChI=1S/C24H25F3N4O3.C20H22N4O/c1-14-7-8-16-18(13-14)29-20(17-5-3-4-6-19(17)32)30-21(16)31-11-9-15(10-12-31)28-22(33)23(2,34)24(25,26)27;1-13-6-7-15-17(12-13)22-19(16-4-2-3-5-18(16)25)23-20(15)24-10-8-14(21)9-11-24/h3-8,13,15,32,34H,9-12H2,1-2H3,(H,28,33);2-7,12,14,25H,8-11,21H2,1H3. The second kappa shape index (κ2) is 16.7. The maximum absolute atomic E-state index is 13.0. The lowest BCUT2D eigenvalue weighted by Gasteiger charge is -2.35. The summed E-state index contributed by atoms with van der Waals surface area (Å²) in [7, 11) is 0. The number of aromatic nitrogens is 4. The van der Waals surface area contributed by atoms with Gasteiger partial charge in [-0.1, -0.05) is 36.4 Å². The number of nitrogens with one attached hydrogen (secondary N) is 1. The molecule has 2 saturated heterocycles. The summed E-state index contributed by atoms with van der Waals surface area (Å²) in [6.07, 6.45) is -2.38. The van der Waals surface area contributed by atoms with Crippen molar-refractivity contribution in [2.45, 2.75) is 70.3 Å². The lowest BCUT2D eigenvalue weighted by atomic mass is 10.0. The number of rotatable bonds is 6.